The smallest absolute Gasteiger partial charge is 0.156 e. The SMILES string of the molecule is CC(=O)C1=CC[C@H]2[C@@H]3C[C@H]4O[C@]45CC(=O)CC[C@]5(C)[C@H]3CC[C@]12C. The van der Waals surface area contributed by atoms with Gasteiger partial charge in [0.05, 0.1) is 6.10 Å². The molecule has 130 valence electrons. The largest absolute Gasteiger partial charge is 0.365 e. The summed E-state index contributed by atoms with van der Waals surface area (Å²) in [7, 11) is 0. The van der Waals surface area contributed by atoms with Gasteiger partial charge in [-0.05, 0) is 67.8 Å². The second-order valence-corrected chi connectivity index (χ2v) is 9.61. The van der Waals surface area contributed by atoms with E-state index in [-0.39, 0.29) is 28.3 Å². The van der Waals surface area contributed by atoms with Crippen LogP contribution in [0.2, 0.25) is 0 Å². The van der Waals surface area contributed by atoms with Gasteiger partial charge in [0.15, 0.2) is 5.78 Å². The van der Waals surface area contributed by atoms with Gasteiger partial charge in [-0.2, -0.15) is 0 Å². The molecule has 0 N–H and O–H groups in total. The number of epoxide rings is 1. The molecule has 0 aromatic heterocycles. The average Bonchev–Trinajstić information content (AvgIpc) is 3.08. The van der Waals surface area contributed by atoms with Crippen molar-refractivity contribution in [1.29, 1.82) is 0 Å². The Hall–Kier alpha value is -0.960. The summed E-state index contributed by atoms with van der Waals surface area (Å²) in [6.45, 7) is 6.47. The van der Waals surface area contributed by atoms with Crippen LogP contribution < -0.4 is 0 Å². The van der Waals surface area contributed by atoms with Crippen molar-refractivity contribution in [3.8, 4) is 0 Å². The highest BCUT2D eigenvalue weighted by molar-refractivity contribution is 5.95. The fraction of sp³-hybridized carbons (Fsp3) is 0.810. The maximum atomic E-state index is 12.1. The summed E-state index contributed by atoms with van der Waals surface area (Å²) >= 11 is 0. The number of carbonyl (C=O) groups is 2. The molecule has 3 nitrogen and oxygen atoms in total. The number of ether oxygens (including phenoxy) is 1. The van der Waals surface area contributed by atoms with Crippen LogP contribution in [-0.2, 0) is 14.3 Å². The molecule has 3 saturated carbocycles. The fourth-order valence-corrected chi connectivity index (χ4v) is 7.58. The first-order valence-corrected chi connectivity index (χ1v) is 9.73. The molecule has 0 aromatic rings. The predicted molar refractivity (Wildman–Crippen MR) is 90.4 cm³/mol. The minimum atomic E-state index is -0.132. The van der Waals surface area contributed by atoms with E-state index in [4.69, 9.17) is 4.74 Å². The van der Waals surface area contributed by atoms with E-state index in [9.17, 15) is 9.59 Å². The quantitative estimate of drug-likeness (QED) is 0.687. The number of fused-ring (bicyclic) bond motifs is 4. The Morgan fingerprint density at radius 1 is 1.25 bits per heavy atom. The molecule has 3 heteroatoms. The number of allylic oxidation sites excluding steroid dienone is 2. The number of hydrogen-bond donors (Lipinski definition) is 0. The van der Waals surface area contributed by atoms with Crippen LogP contribution in [0.4, 0.5) is 0 Å². The molecule has 4 aliphatic carbocycles. The molecular formula is C21H28O3. The molecule has 4 fully saturated rings. The molecule has 0 bridgehead atoms. The molecule has 24 heavy (non-hydrogen) atoms. The molecule has 1 aliphatic heterocycles. The maximum Gasteiger partial charge on any atom is 0.156 e. The lowest BCUT2D eigenvalue weighted by Gasteiger charge is -2.58. The van der Waals surface area contributed by atoms with Crippen molar-refractivity contribution in [3.63, 3.8) is 0 Å². The normalized spacial score (nSPS) is 55.0. The number of ketones is 2. The van der Waals surface area contributed by atoms with Crippen molar-refractivity contribution in [2.75, 3.05) is 0 Å². The van der Waals surface area contributed by atoms with Gasteiger partial charge in [-0.15, -0.1) is 0 Å². The first-order chi connectivity index (χ1) is 11.3. The lowest BCUT2D eigenvalue weighted by Crippen LogP contribution is -2.58. The Balaban J connectivity index is 1.51. The zero-order valence-corrected chi connectivity index (χ0v) is 15.1. The zero-order chi connectivity index (χ0) is 16.9. The molecule has 0 unspecified atom stereocenters. The Kier molecular flexibility index (Phi) is 2.81. The molecule has 1 spiro atoms. The van der Waals surface area contributed by atoms with E-state index in [1.165, 1.54) is 6.42 Å². The van der Waals surface area contributed by atoms with Crippen LogP contribution in [0.15, 0.2) is 11.6 Å². The summed E-state index contributed by atoms with van der Waals surface area (Å²) < 4.78 is 6.29. The fourth-order valence-electron chi connectivity index (χ4n) is 7.58. The van der Waals surface area contributed by atoms with E-state index in [2.05, 4.69) is 19.9 Å². The van der Waals surface area contributed by atoms with Crippen LogP contribution in [0.25, 0.3) is 0 Å². The van der Waals surface area contributed by atoms with Crippen LogP contribution >= 0.6 is 0 Å². The summed E-state index contributed by atoms with van der Waals surface area (Å²) in [5.74, 6) is 2.56. The minimum absolute atomic E-state index is 0.0722. The van der Waals surface area contributed by atoms with Gasteiger partial charge in [-0.25, -0.2) is 0 Å². The average molecular weight is 328 g/mol. The monoisotopic (exact) mass is 328 g/mol. The first kappa shape index (κ1) is 15.3. The highest BCUT2D eigenvalue weighted by atomic mass is 16.6. The predicted octanol–water partition coefficient (Wildman–Crippen LogP) is 3.85. The third-order valence-corrected chi connectivity index (χ3v) is 8.87. The molecule has 0 aromatic carbocycles. The van der Waals surface area contributed by atoms with Crippen molar-refractivity contribution in [2.24, 2.45) is 28.6 Å². The number of rotatable bonds is 1. The Bertz CT molecular complexity index is 679. The summed E-state index contributed by atoms with van der Waals surface area (Å²) in [4.78, 5) is 24.2. The van der Waals surface area contributed by atoms with E-state index in [0.29, 0.717) is 30.0 Å². The topological polar surface area (TPSA) is 46.7 Å². The van der Waals surface area contributed by atoms with Gasteiger partial charge >= 0.3 is 0 Å². The number of Topliss-reactive ketones (excluding diaryl/α,β-unsaturated/α-hetero) is 2. The van der Waals surface area contributed by atoms with Gasteiger partial charge < -0.3 is 4.74 Å². The summed E-state index contributed by atoms with van der Waals surface area (Å²) in [5.41, 5.74) is 1.19. The van der Waals surface area contributed by atoms with E-state index >= 15 is 0 Å². The van der Waals surface area contributed by atoms with Crippen molar-refractivity contribution in [3.05, 3.63) is 11.6 Å². The Morgan fingerprint density at radius 2 is 2.04 bits per heavy atom. The van der Waals surface area contributed by atoms with E-state index in [0.717, 1.165) is 37.7 Å². The van der Waals surface area contributed by atoms with Crippen LogP contribution in [0.5, 0.6) is 0 Å². The summed E-state index contributed by atoms with van der Waals surface area (Å²) in [6.07, 6.45) is 9.37. The lowest BCUT2D eigenvalue weighted by atomic mass is 9.44. The Morgan fingerprint density at radius 3 is 2.79 bits per heavy atom. The highest BCUT2D eigenvalue weighted by Gasteiger charge is 2.75. The summed E-state index contributed by atoms with van der Waals surface area (Å²) in [6, 6.07) is 0. The molecule has 1 saturated heterocycles. The van der Waals surface area contributed by atoms with Crippen LogP contribution in [0, 0.1) is 28.6 Å². The molecular weight excluding hydrogens is 300 g/mol. The first-order valence-electron chi connectivity index (χ1n) is 9.73. The van der Waals surface area contributed by atoms with Gasteiger partial charge in [0.1, 0.15) is 11.4 Å². The van der Waals surface area contributed by atoms with Gasteiger partial charge in [-0.3, -0.25) is 9.59 Å². The van der Waals surface area contributed by atoms with E-state index in [1.807, 2.05) is 0 Å². The summed E-state index contributed by atoms with van der Waals surface area (Å²) in [5, 5.41) is 0. The van der Waals surface area contributed by atoms with Crippen LogP contribution in [0.3, 0.4) is 0 Å². The molecule has 7 atom stereocenters. The minimum Gasteiger partial charge on any atom is -0.365 e. The van der Waals surface area contributed by atoms with Gasteiger partial charge in [0, 0.05) is 18.3 Å². The number of hydrogen-bond acceptors (Lipinski definition) is 3. The lowest BCUT2D eigenvalue weighted by molar-refractivity contribution is -0.134. The third kappa shape index (κ3) is 1.58. The van der Waals surface area contributed by atoms with Crippen molar-refractivity contribution >= 4 is 11.6 Å². The van der Waals surface area contributed by atoms with E-state index < -0.39 is 0 Å². The maximum absolute atomic E-state index is 12.1. The standard InChI is InChI=1S/C21H28O3/c1-12(22)15-4-5-16-14-10-18-21(24-18)11-13(23)6-9-20(21,3)17(14)7-8-19(15,16)2/h4,14,16-18H,5-11H2,1-3H3/t14-,16-,17-,18+,19+,20+,21+/m0/s1. The molecule has 5 rings (SSSR count). The second-order valence-electron chi connectivity index (χ2n) is 9.61. The second kappa shape index (κ2) is 4.41. The molecule has 1 heterocycles. The van der Waals surface area contributed by atoms with Crippen LogP contribution in [-0.4, -0.2) is 23.3 Å². The third-order valence-electron chi connectivity index (χ3n) is 8.87. The molecule has 0 radical (unpaired) electrons. The van der Waals surface area contributed by atoms with Gasteiger partial charge in [0.25, 0.3) is 0 Å². The van der Waals surface area contributed by atoms with E-state index in [1.54, 1.807) is 6.92 Å². The van der Waals surface area contributed by atoms with Crippen molar-refractivity contribution in [1.82, 2.24) is 0 Å². The number of carbonyl (C=O) groups excluding carboxylic acids is 2. The van der Waals surface area contributed by atoms with Crippen molar-refractivity contribution in [2.45, 2.75) is 77.4 Å². The highest BCUT2D eigenvalue weighted by Crippen LogP contribution is 2.73. The van der Waals surface area contributed by atoms with Gasteiger partial charge in [-0.1, -0.05) is 19.9 Å². The van der Waals surface area contributed by atoms with Crippen LogP contribution in [0.1, 0.15) is 65.7 Å². The molecule has 5 aliphatic rings. The van der Waals surface area contributed by atoms with Gasteiger partial charge in [0.2, 0.25) is 0 Å². The molecule has 0 amide bonds. The zero-order valence-electron chi connectivity index (χ0n) is 15.1. The van der Waals surface area contributed by atoms with Crippen molar-refractivity contribution < 1.29 is 14.3 Å². The Labute approximate surface area is 144 Å².